The zero-order chi connectivity index (χ0) is 20.9. The number of ether oxygens (including phenoxy) is 2. The molecule has 3 aromatic carbocycles. The summed E-state index contributed by atoms with van der Waals surface area (Å²) in [4.78, 5) is 13.3. The van der Waals surface area contributed by atoms with Crippen LogP contribution in [0.1, 0.15) is 17.3 Å². The number of fused-ring (bicyclic) bond motifs is 1. The molecule has 1 heterocycles. The van der Waals surface area contributed by atoms with Gasteiger partial charge in [-0.05, 0) is 29.5 Å². The first-order valence-corrected chi connectivity index (χ1v) is 9.42. The topological polar surface area (TPSA) is 102 Å². The molecule has 0 saturated heterocycles. The fraction of sp³-hybridized carbons (Fsp3) is 0.182. The molecule has 0 fully saturated rings. The largest absolute Gasteiger partial charge is 0.497 e. The van der Waals surface area contributed by atoms with E-state index in [0.717, 1.165) is 22.0 Å². The number of amides is 1. The van der Waals surface area contributed by atoms with Gasteiger partial charge in [0.15, 0.2) is 5.82 Å². The molecule has 0 aliphatic rings. The van der Waals surface area contributed by atoms with Gasteiger partial charge in [0.25, 0.3) is 0 Å². The Kier molecular flexibility index (Phi) is 5.56. The highest BCUT2D eigenvalue weighted by molar-refractivity contribution is 6.04. The van der Waals surface area contributed by atoms with Crippen LogP contribution in [0.4, 0.5) is 5.69 Å². The van der Waals surface area contributed by atoms with Crippen LogP contribution in [0.25, 0.3) is 10.8 Å². The van der Waals surface area contributed by atoms with E-state index in [-0.39, 0.29) is 5.91 Å². The summed E-state index contributed by atoms with van der Waals surface area (Å²) < 4.78 is 10.7. The monoisotopic (exact) mass is 403 g/mol. The molecule has 0 aliphatic carbocycles. The molecular formula is C22H21N5O3. The third-order valence-electron chi connectivity index (χ3n) is 4.96. The number of methoxy groups -OCH3 is 2. The minimum absolute atomic E-state index is 0.231. The van der Waals surface area contributed by atoms with E-state index in [1.807, 2.05) is 54.6 Å². The van der Waals surface area contributed by atoms with Crippen molar-refractivity contribution >= 4 is 22.4 Å². The highest BCUT2D eigenvalue weighted by Gasteiger charge is 2.27. The molecule has 4 aromatic rings. The average Bonchev–Trinajstić information content (AvgIpc) is 3.32. The number of tetrazole rings is 1. The summed E-state index contributed by atoms with van der Waals surface area (Å²) in [6.07, 6.45) is 0.337. The number of H-pyrrole nitrogens is 1. The summed E-state index contributed by atoms with van der Waals surface area (Å²) in [5.74, 6) is 0.717. The van der Waals surface area contributed by atoms with Gasteiger partial charge in [0.1, 0.15) is 17.4 Å². The first kappa shape index (κ1) is 19.4. The zero-order valence-corrected chi connectivity index (χ0v) is 16.6. The molecule has 4 rings (SSSR count). The van der Waals surface area contributed by atoms with Gasteiger partial charge in [0.2, 0.25) is 5.91 Å². The fourth-order valence-electron chi connectivity index (χ4n) is 3.41. The number of benzene rings is 3. The Morgan fingerprint density at radius 1 is 1.07 bits per heavy atom. The number of nitrogens with zero attached hydrogens (tertiary/aromatic N) is 3. The molecular weight excluding hydrogens is 382 g/mol. The lowest BCUT2D eigenvalue weighted by atomic mass is 9.96. The summed E-state index contributed by atoms with van der Waals surface area (Å²) in [6.45, 7) is 0. The van der Waals surface area contributed by atoms with Crippen molar-refractivity contribution in [1.29, 1.82) is 0 Å². The van der Waals surface area contributed by atoms with E-state index in [2.05, 4.69) is 25.9 Å². The third kappa shape index (κ3) is 3.93. The highest BCUT2D eigenvalue weighted by atomic mass is 16.5. The molecule has 152 valence electrons. The van der Waals surface area contributed by atoms with E-state index in [1.54, 1.807) is 20.3 Å². The second-order valence-corrected chi connectivity index (χ2v) is 6.72. The Balaban J connectivity index is 1.66. The maximum atomic E-state index is 13.3. The van der Waals surface area contributed by atoms with Crippen LogP contribution in [0.5, 0.6) is 11.5 Å². The zero-order valence-electron chi connectivity index (χ0n) is 16.6. The summed E-state index contributed by atoms with van der Waals surface area (Å²) in [7, 11) is 3.17. The number of nitrogens with one attached hydrogen (secondary N) is 2. The van der Waals surface area contributed by atoms with E-state index in [9.17, 15) is 4.79 Å². The molecule has 0 radical (unpaired) electrons. The smallest absolute Gasteiger partial charge is 0.235 e. The Bertz CT molecular complexity index is 1160. The lowest BCUT2D eigenvalue weighted by Crippen LogP contribution is -2.24. The van der Waals surface area contributed by atoms with Crippen molar-refractivity contribution in [2.75, 3.05) is 19.5 Å². The van der Waals surface area contributed by atoms with Gasteiger partial charge in [-0.2, -0.15) is 5.21 Å². The van der Waals surface area contributed by atoms with Crippen LogP contribution in [0, 0.1) is 0 Å². The van der Waals surface area contributed by atoms with Crippen molar-refractivity contribution < 1.29 is 14.3 Å². The molecule has 8 heteroatoms. The van der Waals surface area contributed by atoms with Crippen molar-refractivity contribution in [2.24, 2.45) is 0 Å². The van der Waals surface area contributed by atoms with Gasteiger partial charge in [-0.15, -0.1) is 10.2 Å². The summed E-state index contributed by atoms with van der Waals surface area (Å²) >= 11 is 0. The summed E-state index contributed by atoms with van der Waals surface area (Å²) in [5.41, 5.74) is 1.56. The quantitative estimate of drug-likeness (QED) is 0.491. The molecule has 8 nitrogen and oxygen atoms in total. The number of hydrogen-bond donors (Lipinski definition) is 2. The van der Waals surface area contributed by atoms with Crippen molar-refractivity contribution in [3.8, 4) is 11.5 Å². The average molecular weight is 403 g/mol. The van der Waals surface area contributed by atoms with Gasteiger partial charge in [0, 0.05) is 17.1 Å². The first-order chi connectivity index (χ1) is 14.7. The molecule has 1 aromatic heterocycles. The predicted octanol–water partition coefficient (Wildman–Crippen LogP) is 3.34. The second kappa shape index (κ2) is 8.60. The first-order valence-electron chi connectivity index (χ1n) is 9.42. The number of rotatable bonds is 7. The SMILES string of the molecule is COc1ccc(C[C@@H](C(=O)Nc2cccc3ccccc23)c2nn[nH]n2)c(OC)c1. The minimum Gasteiger partial charge on any atom is -0.497 e. The Hall–Kier alpha value is -3.94. The van der Waals surface area contributed by atoms with Crippen LogP contribution >= 0.6 is 0 Å². The van der Waals surface area contributed by atoms with Crippen molar-refractivity contribution in [3.05, 3.63) is 72.1 Å². The molecule has 30 heavy (non-hydrogen) atoms. The second-order valence-electron chi connectivity index (χ2n) is 6.72. The van der Waals surface area contributed by atoms with Gasteiger partial charge in [-0.25, -0.2) is 0 Å². The van der Waals surface area contributed by atoms with Gasteiger partial charge in [0.05, 0.1) is 14.2 Å². The summed E-state index contributed by atoms with van der Waals surface area (Å²) in [6, 6.07) is 19.2. The van der Waals surface area contributed by atoms with E-state index < -0.39 is 5.92 Å². The maximum absolute atomic E-state index is 13.3. The molecule has 1 atom stereocenters. The molecule has 2 N–H and O–H groups in total. The molecule has 0 unspecified atom stereocenters. The Morgan fingerprint density at radius 2 is 1.90 bits per heavy atom. The number of aromatic nitrogens is 4. The van der Waals surface area contributed by atoms with E-state index in [0.29, 0.717) is 23.7 Å². The number of hydrogen-bond acceptors (Lipinski definition) is 6. The van der Waals surface area contributed by atoms with E-state index in [4.69, 9.17) is 9.47 Å². The number of carbonyl (C=O) groups is 1. The van der Waals surface area contributed by atoms with Crippen molar-refractivity contribution in [1.82, 2.24) is 20.6 Å². The van der Waals surface area contributed by atoms with Crippen molar-refractivity contribution in [2.45, 2.75) is 12.3 Å². The van der Waals surface area contributed by atoms with Gasteiger partial charge in [-0.1, -0.05) is 47.7 Å². The Morgan fingerprint density at radius 3 is 2.67 bits per heavy atom. The van der Waals surface area contributed by atoms with E-state index in [1.165, 1.54) is 0 Å². The maximum Gasteiger partial charge on any atom is 0.235 e. The fourth-order valence-corrected chi connectivity index (χ4v) is 3.41. The molecule has 0 spiro atoms. The third-order valence-corrected chi connectivity index (χ3v) is 4.96. The van der Waals surface area contributed by atoms with Gasteiger partial charge < -0.3 is 14.8 Å². The predicted molar refractivity (Wildman–Crippen MR) is 113 cm³/mol. The van der Waals surface area contributed by atoms with Crippen LogP contribution in [0.3, 0.4) is 0 Å². The van der Waals surface area contributed by atoms with Gasteiger partial charge in [-0.3, -0.25) is 4.79 Å². The summed E-state index contributed by atoms with van der Waals surface area (Å²) in [5, 5.41) is 19.2. The highest BCUT2D eigenvalue weighted by Crippen LogP contribution is 2.30. The normalized spacial score (nSPS) is 11.8. The standard InChI is InChI=1S/C22H21N5O3/c1-29-16-11-10-15(20(13-16)30-2)12-18(21-24-26-27-25-21)22(28)23-19-9-5-7-14-6-3-4-8-17(14)19/h3-11,13,18H,12H2,1-2H3,(H,23,28)(H,24,25,26,27)/t18-/m1/s1. The van der Waals surface area contributed by atoms with Crippen LogP contribution < -0.4 is 14.8 Å². The molecule has 0 saturated carbocycles. The lowest BCUT2D eigenvalue weighted by Gasteiger charge is -2.17. The van der Waals surface area contributed by atoms with Crippen LogP contribution in [0.15, 0.2) is 60.7 Å². The molecule has 1 amide bonds. The van der Waals surface area contributed by atoms with Crippen molar-refractivity contribution in [3.63, 3.8) is 0 Å². The van der Waals surface area contributed by atoms with Gasteiger partial charge >= 0.3 is 0 Å². The minimum atomic E-state index is -0.662. The number of anilines is 1. The van der Waals surface area contributed by atoms with Crippen LogP contribution in [-0.2, 0) is 11.2 Å². The number of carbonyl (C=O) groups excluding carboxylic acids is 1. The molecule has 0 aliphatic heterocycles. The van der Waals surface area contributed by atoms with Crippen LogP contribution in [0.2, 0.25) is 0 Å². The van der Waals surface area contributed by atoms with Crippen LogP contribution in [-0.4, -0.2) is 40.8 Å². The number of aromatic amines is 1. The Labute approximate surface area is 173 Å². The molecule has 0 bridgehead atoms. The lowest BCUT2D eigenvalue weighted by molar-refractivity contribution is -0.117. The van der Waals surface area contributed by atoms with E-state index >= 15 is 0 Å².